The first kappa shape index (κ1) is 12.0. The molecule has 1 aromatic heterocycles. The Morgan fingerprint density at radius 3 is 2.53 bits per heavy atom. The van der Waals surface area contributed by atoms with Crippen molar-refractivity contribution in [1.82, 2.24) is 9.88 Å². The Labute approximate surface area is 102 Å². The normalized spacial score (nSPS) is 24.6. The molecule has 1 aromatic rings. The molecule has 0 aliphatic carbocycles. The first-order valence-electron chi connectivity index (χ1n) is 5.92. The van der Waals surface area contributed by atoms with E-state index in [1.54, 1.807) is 0 Å². The summed E-state index contributed by atoms with van der Waals surface area (Å²) < 4.78 is 0. The maximum Gasteiger partial charge on any atom is 0.149 e. The van der Waals surface area contributed by atoms with Crippen LogP contribution in [-0.4, -0.2) is 43.1 Å². The van der Waals surface area contributed by atoms with Crippen molar-refractivity contribution in [2.45, 2.75) is 13.0 Å². The highest BCUT2D eigenvalue weighted by Crippen LogP contribution is 2.26. The van der Waals surface area contributed by atoms with E-state index >= 15 is 0 Å². The third kappa shape index (κ3) is 2.29. The van der Waals surface area contributed by atoms with Gasteiger partial charge in [0.15, 0.2) is 0 Å². The van der Waals surface area contributed by atoms with Gasteiger partial charge in [-0.2, -0.15) is 0 Å². The first-order valence-corrected chi connectivity index (χ1v) is 5.92. The number of rotatable bonds is 2. The molecule has 1 aliphatic rings. The van der Waals surface area contributed by atoms with E-state index in [0.29, 0.717) is 23.5 Å². The fourth-order valence-corrected chi connectivity index (χ4v) is 2.46. The molecule has 0 radical (unpaired) electrons. The number of hydrogen-bond donors (Lipinski definition) is 2. The van der Waals surface area contributed by atoms with Gasteiger partial charge in [-0.3, -0.25) is 0 Å². The summed E-state index contributed by atoms with van der Waals surface area (Å²) in [4.78, 5) is 8.88. The highest BCUT2D eigenvalue weighted by atomic mass is 15.3. The minimum atomic E-state index is 0.420. The highest BCUT2D eigenvalue weighted by Gasteiger charge is 2.31. The summed E-state index contributed by atoms with van der Waals surface area (Å²) in [6.45, 7) is 4.27. The van der Waals surface area contributed by atoms with Crippen molar-refractivity contribution in [3.8, 4) is 0 Å². The van der Waals surface area contributed by atoms with Crippen LogP contribution in [0, 0.1) is 5.92 Å². The zero-order valence-electron chi connectivity index (χ0n) is 10.7. The van der Waals surface area contributed by atoms with Crippen molar-refractivity contribution in [1.29, 1.82) is 0 Å². The lowest BCUT2D eigenvalue weighted by atomic mass is 10.1. The molecule has 0 saturated carbocycles. The van der Waals surface area contributed by atoms with Gasteiger partial charge in [-0.25, -0.2) is 4.98 Å². The van der Waals surface area contributed by atoms with Crippen LogP contribution in [0.2, 0.25) is 0 Å². The van der Waals surface area contributed by atoms with Crippen LogP contribution in [0.3, 0.4) is 0 Å². The van der Waals surface area contributed by atoms with Gasteiger partial charge in [0.2, 0.25) is 0 Å². The summed E-state index contributed by atoms with van der Waals surface area (Å²) in [6.07, 6.45) is 0. The number of nitrogens with zero attached hydrogens (tertiary/aromatic N) is 3. The van der Waals surface area contributed by atoms with E-state index in [-0.39, 0.29) is 0 Å². The van der Waals surface area contributed by atoms with E-state index in [2.05, 4.69) is 35.8 Å². The molecule has 0 amide bonds. The zero-order valence-corrected chi connectivity index (χ0v) is 10.7. The quantitative estimate of drug-likeness (QED) is 0.787. The van der Waals surface area contributed by atoms with Gasteiger partial charge in [-0.05, 0) is 32.1 Å². The van der Waals surface area contributed by atoms with Crippen LogP contribution in [0.4, 0.5) is 17.3 Å². The average Bonchev–Trinajstić information content (AvgIpc) is 2.64. The fourth-order valence-electron chi connectivity index (χ4n) is 2.46. The Kier molecular flexibility index (Phi) is 3.11. The molecular weight excluding hydrogens is 214 g/mol. The molecule has 4 N–H and O–H groups in total. The number of aromatic nitrogens is 1. The van der Waals surface area contributed by atoms with Crippen molar-refractivity contribution >= 4 is 17.3 Å². The lowest BCUT2D eigenvalue weighted by molar-refractivity contribution is 0.266. The highest BCUT2D eigenvalue weighted by molar-refractivity contribution is 5.62. The van der Waals surface area contributed by atoms with E-state index in [9.17, 15) is 0 Å². The molecule has 2 heterocycles. The molecule has 1 fully saturated rings. The molecule has 1 aliphatic heterocycles. The number of nitrogen functional groups attached to an aromatic ring is 2. The van der Waals surface area contributed by atoms with E-state index in [1.807, 2.05) is 12.1 Å². The third-order valence-corrected chi connectivity index (χ3v) is 3.50. The summed E-state index contributed by atoms with van der Waals surface area (Å²) in [5.41, 5.74) is 12.0. The molecule has 1 saturated heterocycles. The largest absolute Gasteiger partial charge is 0.396 e. The SMILES string of the molecule is CC1CN(c2ccc(N)c(N)n2)CC1N(C)C. The molecule has 2 rings (SSSR count). The van der Waals surface area contributed by atoms with Crippen molar-refractivity contribution in [3.63, 3.8) is 0 Å². The smallest absolute Gasteiger partial charge is 0.149 e. The second kappa shape index (κ2) is 4.41. The maximum atomic E-state index is 5.74. The summed E-state index contributed by atoms with van der Waals surface area (Å²) in [5, 5.41) is 0. The van der Waals surface area contributed by atoms with Gasteiger partial charge in [0.25, 0.3) is 0 Å². The lowest BCUT2D eigenvalue weighted by Gasteiger charge is -2.22. The van der Waals surface area contributed by atoms with E-state index in [0.717, 1.165) is 18.9 Å². The van der Waals surface area contributed by atoms with Crippen LogP contribution in [0.15, 0.2) is 12.1 Å². The predicted octanol–water partition coefficient (Wildman–Crippen LogP) is 0.632. The maximum absolute atomic E-state index is 5.74. The van der Waals surface area contributed by atoms with Crippen LogP contribution in [-0.2, 0) is 0 Å². The Morgan fingerprint density at radius 2 is 2.00 bits per heavy atom. The molecular formula is C12H21N5. The molecule has 0 bridgehead atoms. The van der Waals surface area contributed by atoms with Gasteiger partial charge < -0.3 is 21.3 Å². The van der Waals surface area contributed by atoms with Gasteiger partial charge >= 0.3 is 0 Å². The Hall–Kier alpha value is -1.49. The summed E-state index contributed by atoms with van der Waals surface area (Å²) in [7, 11) is 4.24. The molecule has 94 valence electrons. The van der Waals surface area contributed by atoms with Crippen molar-refractivity contribution in [2.75, 3.05) is 43.6 Å². The third-order valence-electron chi connectivity index (χ3n) is 3.50. The Balaban J connectivity index is 2.17. The monoisotopic (exact) mass is 235 g/mol. The van der Waals surface area contributed by atoms with Gasteiger partial charge in [-0.15, -0.1) is 0 Å². The standard InChI is InChI=1S/C12H21N5/c1-8-6-17(7-10(8)16(2)3)11-5-4-9(13)12(14)15-11/h4-5,8,10H,6-7,13H2,1-3H3,(H2,14,15). The second-order valence-corrected chi connectivity index (χ2v) is 5.06. The van der Waals surface area contributed by atoms with E-state index in [1.165, 1.54) is 0 Å². The minimum absolute atomic E-state index is 0.420. The van der Waals surface area contributed by atoms with E-state index < -0.39 is 0 Å². The predicted molar refractivity (Wildman–Crippen MR) is 71.9 cm³/mol. The summed E-state index contributed by atoms with van der Waals surface area (Å²) in [6, 6.07) is 4.33. The average molecular weight is 235 g/mol. The van der Waals surface area contributed by atoms with Crippen LogP contribution < -0.4 is 16.4 Å². The van der Waals surface area contributed by atoms with Crippen LogP contribution in [0.5, 0.6) is 0 Å². The van der Waals surface area contributed by atoms with Gasteiger partial charge in [-0.1, -0.05) is 6.92 Å². The van der Waals surface area contributed by atoms with Crippen molar-refractivity contribution in [3.05, 3.63) is 12.1 Å². The van der Waals surface area contributed by atoms with Crippen molar-refractivity contribution in [2.24, 2.45) is 5.92 Å². The number of likely N-dealkylation sites (N-methyl/N-ethyl adjacent to an activating group) is 1. The minimum Gasteiger partial charge on any atom is -0.396 e. The molecule has 0 spiro atoms. The Bertz CT molecular complexity index is 404. The number of hydrogen-bond acceptors (Lipinski definition) is 5. The van der Waals surface area contributed by atoms with Crippen LogP contribution >= 0.6 is 0 Å². The first-order chi connectivity index (χ1) is 7.99. The van der Waals surface area contributed by atoms with Crippen LogP contribution in [0.1, 0.15) is 6.92 Å². The number of nitrogens with two attached hydrogens (primary N) is 2. The molecule has 17 heavy (non-hydrogen) atoms. The van der Waals surface area contributed by atoms with Gasteiger partial charge in [0, 0.05) is 19.1 Å². The number of anilines is 3. The number of pyridine rings is 1. The molecule has 0 aromatic carbocycles. The van der Waals surface area contributed by atoms with Crippen molar-refractivity contribution < 1.29 is 0 Å². The topological polar surface area (TPSA) is 71.4 Å². The molecule has 5 heteroatoms. The van der Waals surface area contributed by atoms with Crippen LogP contribution in [0.25, 0.3) is 0 Å². The lowest BCUT2D eigenvalue weighted by Crippen LogP contribution is -2.34. The van der Waals surface area contributed by atoms with Gasteiger partial charge in [0.05, 0.1) is 5.69 Å². The van der Waals surface area contributed by atoms with E-state index in [4.69, 9.17) is 11.5 Å². The second-order valence-electron chi connectivity index (χ2n) is 5.06. The molecule has 2 atom stereocenters. The molecule has 2 unspecified atom stereocenters. The summed E-state index contributed by atoms with van der Waals surface area (Å²) >= 11 is 0. The Morgan fingerprint density at radius 1 is 1.29 bits per heavy atom. The molecule has 5 nitrogen and oxygen atoms in total. The fraction of sp³-hybridized carbons (Fsp3) is 0.583. The summed E-state index contributed by atoms with van der Waals surface area (Å²) in [5.74, 6) is 1.97. The zero-order chi connectivity index (χ0) is 12.6. The van der Waals surface area contributed by atoms with Gasteiger partial charge in [0.1, 0.15) is 11.6 Å².